The third-order valence-electron chi connectivity index (χ3n) is 2.84. The highest BCUT2D eigenvalue weighted by atomic mass is 16.3. The lowest BCUT2D eigenvalue weighted by Crippen LogP contribution is -2.37. The average molecular weight is 211 g/mol. The van der Waals surface area contributed by atoms with Gasteiger partial charge in [-0.3, -0.25) is 5.10 Å². The molecule has 1 atom stereocenters. The van der Waals surface area contributed by atoms with Gasteiger partial charge in [-0.15, -0.1) is 0 Å². The molecule has 0 aliphatic carbocycles. The van der Waals surface area contributed by atoms with Gasteiger partial charge in [0.25, 0.3) is 0 Å². The lowest BCUT2D eigenvalue weighted by atomic mass is 9.78. The van der Waals surface area contributed by atoms with Crippen molar-refractivity contribution >= 4 is 0 Å². The third kappa shape index (κ3) is 2.21. The lowest BCUT2D eigenvalue weighted by Gasteiger charge is -2.29. The smallest absolute Gasteiger partial charge is 0.0538 e. The molecule has 86 valence electrons. The zero-order chi connectivity index (χ0) is 11.7. The number of nitrogens with one attached hydrogen (secondary N) is 1. The fraction of sp³-hybridized carbons (Fsp3) is 0.727. The Morgan fingerprint density at radius 2 is 2.00 bits per heavy atom. The highest BCUT2D eigenvalue weighted by molar-refractivity contribution is 5.31. The first-order valence-electron chi connectivity index (χ1n) is 5.20. The van der Waals surface area contributed by atoms with Gasteiger partial charge in [-0.05, 0) is 0 Å². The molecule has 0 aliphatic rings. The molecule has 4 N–H and O–H groups in total. The highest BCUT2D eigenvalue weighted by Crippen LogP contribution is 2.31. The summed E-state index contributed by atoms with van der Waals surface area (Å²) in [5, 5.41) is 16.5. The van der Waals surface area contributed by atoms with Gasteiger partial charge in [0.2, 0.25) is 0 Å². The van der Waals surface area contributed by atoms with Crippen molar-refractivity contribution in [2.75, 3.05) is 13.2 Å². The summed E-state index contributed by atoms with van der Waals surface area (Å²) in [6, 6.07) is 0. The van der Waals surface area contributed by atoms with Crippen LogP contribution in [0.2, 0.25) is 0 Å². The van der Waals surface area contributed by atoms with Gasteiger partial charge in [0.1, 0.15) is 0 Å². The van der Waals surface area contributed by atoms with E-state index in [-0.39, 0.29) is 12.0 Å². The van der Waals surface area contributed by atoms with Crippen LogP contribution in [-0.2, 0) is 10.8 Å². The monoisotopic (exact) mass is 211 g/mol. The Kier molecular flexibility index (Phi) is 3.21. The van der Waals surface area contributed by atoms with E-state index < -0.39 is 5.41 Å². The van der Waals surface area contributed by atoms with Crippen molar-refractivity contribution in [3.05, 3.63) is 17.5 Å². The Bertz CT molecular complexity index is 321. The van der Waals surface area contributed by atoms with Gasteiger partial charge in [0.05, 0.1) is 12.8 Å². The second kappa shape index (κ2) is 3.94. The largest absolute Gasteiger partial charge is 0.395 e. The third-order valence-corrected chi connectivity index (χ3v) is 2.84. The zero-order valence-electron chi connectivity index (χ0n) is 9.96. The Morgan fingerprint density at radius 1 is 1.40 bits per heavy atom. The first-order valence-corrected chi connectivity index (χ1v) is 5.20. The minimum absolute atomic E-state index is 0.0164. The maximum absolute atomic E-state index is 9.43. The van der Waals surface area contributed by atoms with E-state index >= 15 is 0 Å². The Hall–Kier alpha value is -0.870. The van der Waals surface area contributed by atoms with Gasteiger partial charge in [0.15, 0.2) is 0 Å². The first kappa shape index (κ1) is 12.2. The number of nitrogens with zero attached hydrogens (tertiary/aromatic N) is 1. The first-order chi connectivity index (χ1) is 6.85. The van der Waals surface area contributed by atoms with Crippen LogP contribution >= 0.6 is 0 Å². The number of hydrogen-bond donors (Lipinski definition) is 3. The number of H-pyrrole nitrogens is 1. The molecule has 1 unspecified atom stereocenters. The molecular formula is C11H21N3O. The van der Waals surface area contributed by atoms with Crippen molar-refractivity contribution in [1.82, 2.24) is 10.2 Å². The molecule has 4 heteroatoms. The van der Waals surface area contributed by atoms with Gasteiger partial charge in [-0.2, -0.15) is 5.10 Å². The molecule has 0 aliphatic heterocycles. The summed E-state index contributed by atoms with van der Waals surface area (Å²) in [6.07, 6.45) is 1.77. The molecule has 0 aromatic carbocycles. The van der Waals surface area contributed by atoms with E-state index in [4.69, 9.17) is 5.73 Å². The highest BCUT2D eigenvalue weighted by Gasteiger charge is 2.32. The fourth-order valence-corrected chi connectivity index (χ4v) is 1.58. The van der Waals surface area contributed by atoms with E-state index in [1.54, 1.807) is 6.20 Å². The zero-order valence-corrected chi connectivity index (χ0v) is 9.96. The van der Waals surface area contributed by atoms with Crippen LogP contribution < -0.4 is 5.73 Å². The number of rotatable bonds is 3. The van der Waals surface area contributed by atoms with Crippen molar-refractivity contribution in [2.45, 2.75) is 38.5 Å². The average Bonchev–Trinajstić information content (AvgIpc) is 2.65. The van der Waals surface area contributed by atoms with Gasteiger partial charge < -0.3 is 10.8 Å². The minimum Gasteiger partial charge on any atom is -0.395 e. The van der Waals surface area contributed by atoms with Gasteiger partial charge in [0, 0.05) is 28.6 Å². The molecule has 0 fully saturated rings. The molecule has 0 spiro atoms. The van der Waals surface area contributed by atoms with Crippen LogP contribution in [-0.4, -0.2) is 28.5 Å². The van der Waals surface area contributed by atoms with Crippen LogP contribution in [0.5, 0.6) is 0 Å². The van der Waals surface area contributed by atoms with E-state index in [1.807, 2.05) is 6.92 Å². The van der Waals surface area contributed by atoms with Crippen LogP contribution in [0.15, 0.2) is 6.20 Å². The quantitative estimate of drug-likeness (QED) is 0.696. The molecule has 0 saturated carbocycles. The van der Waals surface area contributed by atoms with E-state index in [0.29, 0.717) is 6.54 Å². The molecule has 1 aromatic heterocycles. The van der Waals surface area contributed by atoms with Gasteiger partial charge in [-0.25, -0.2) is 0 Å². The molecule has 0 saturated heterocycles. The van der Waals surface area contributed by atoms with E-state index in [1.165, 1.54) is 0 Å². The molecule has 1 rings (SSSR count). The standard InChI is InChI=1S/C11H21N3O/c1-10(2,3)9-8(5-13-14-9)11(4,6-12)7-15/h5,15H,6-7,12H2,1-4H3,(H,13,14). The predicted octanol–water partition coefficient (Wildman–Crippen LogP) is 0.916. The van der Waals surface area contributed by atoms with Crippen molar-refractivity contribution in [3.63, 3.8) is 0 Å². The summed E-state index contributed by atoms with van der Waals surface area (Å²) < 4.78 is 0. The molecule has 1 aromatic rings. The molecule has 0 bridgehead atoms. The topological polar surface area (TPSA) is 74.9 Å². The summed E-state index contributed by atoms with van der Waals surface area (Å²) in [6.45, 7) is 8.72. The molecule has 15 heavy (non-hydrogen) atoms. The van der Waals surface area contributed by atoms with Crippen molar-refractivity contribution in [2.24, 2.45) is 5.73 Å². The SMILES string of the molecule is CC(C)(C)c1[nH]ncc1C(C)(CN)CO. The van der Waals surface area contributed by atoms with Crippen LogP contribution in [0.1, 0.15) is 39.0 Å². The number of aromatic nitrogens is 2. The molecule has 1 heterocycles. The normalized spacial score (nSPS) is 16.4. The Morgan fingerprint density at radius 3 is 2.40 bits per heavy atom. The summed E-state index contributed by atoms with van der Waals surface area (Å²) >= 11 is 0. The lowest BCUT2D eigenvalue weighted by molar-refractivity contribution is 0.208. The summed E-state index contributed by atoms with van der Waals surface area (Å²) in [4.78, 5) is 0. The second-order valence-electron chi connectivity index (χ2n) is 5.33. The van der Waals surface area contributed by atoms with E-state index in [9.17, 15) is 5.11 Å². The second-order valence-corrected chi connectivity index (χ2v) is 5.33. The van der Waals surface area contributed by atoms with Crippen molar-refractivity contribution in [1.29, 1.82) is 0 Å². The minimum atomic E-state index is -0.407. The molecule has 4 nitrogen and oxygen atoms in total. The summed E-state index contributed by atoms with van der Waals surface area (Å²) in [5.74, 6) is 0. The molecule has 0 radical (unpaired) electrons. The van der Waals surface area contributed by atoms with E-state index in [2.05, 4.69) is 31.0 Å². The van der Waals surface area contributed by atoms with E-state index in [0.717, 1.165) is 11.3 Å². The maximum Gasteiger partial charge on any atom is 0.0538 e. The van der Waals surface area contributed by atoms with Crippen molar-refractivity contribution < 1.29 is 5.11 Å². The van der Waals surface area contributed by atoms with Crippen LogP contribution in [0.25, 0.3) is 0 Å². The van der Waals surface area contributed by atoms with Gasteiger partial charge >= 0.3 is 0 Å². The maximum atomic E-state index is 9.43. The molecular weight excluding hydrogens is 190 g/mol. The van der Waals surface area contributed by atoms with Crippen LogP contribution in [0.4, 0.5) is 0 Å². The van der Waals surface area contributed by atoms with Crippen molar-refractivity contribution in [3.8, 4) is 0 Å². The number of aliphatic hydroxyl groups is 1. The molecule has 0 amide bonds. The van der Waals surface area contributed by atoms with Gasteiger partial charge in [-0.1, -0.05) is 27.7 Å². The summed E-state index contributed by atoms with van der Waals surface area (Å²) in [5.41, 5.74) is 7.36. The number of hydrogen-bond acceptors (Lipinski definition) is 3. The number of aromatic amines is 1. The number of nitrogens with two attached hydrogens (primary N) is 1. The Labute approximate surface area is 90.9 Å². The van der Waals surface area contributed by atoms with Crippen LogP contribution in [0.3, 0.4) is 0 Å². The fourth-order valence-electron chi connectivity index (χ4n) is 1.58. The Balaban J connectivity index is 3.21. The predicted molar refractivity (Wildman–Crippen MR) is 60.8 cm³/mol. The number of aliphatic hydroxyl groups excluding tert-OH is 1. The summed E-state index contributed by atoms with van der Waals surface area (Å²) in [7, 11) is 0. The van der Waals surface area contributed by atoms with Crippen LogP contribution in [0, 0.1) is 0 Å².